The minimum Gasteiger partial charge on any atom is -0.370 e. The highest BCUT2D eigenvalue weighted by Gasteiger charge is 2.63. The van der Waals surface area contributed by atoms with Crippen LogP contribution in [0.5, 0.6) is 0 Å². The van der Waals surface area contributed by atoms with Crippen LogP contribution in [0.2, 0.25) is 0 Å². The molecule has 0 aromatic carbocycles. The summed E-state index contributed by atoms with van der Waals surface area (Å²) in [4.78, 5) is 0. The largest absolute Gasteiger partial charge is 0.370 e. The predicted molar refractivity (Wildman–Crippen MR) is 135 cm³/mol. The van der Waals surface area contributed by atoms with E-state index >= 15 is 0 Å². The molecule has 0 amide bonds. The first-order valence-corrected chi connectivity index (χ1v) is 11.1. The molecular weight excluding hydrogens is 432 g/mol. The van der Waals surface area contributed by atoms with Gasteiger partial charge in [0.25, 0.3) is 0 Å². The van der Waals surface area contributed by atoms with E-state index in [0.717, 1.165) is 63.8 Å². The van der Waals surface area contributed by atoms with E-state index in [2.05, 4.69) is 19.6 Å². The topological polar surface area (TPSA) is 27.7 Å². The number of rotatable bonds is 0. The fourth-order valence-electron chi connectivity index (χ4n) is 7.76. The first-order valence-electron chi connectivity index (χ1n) is 11.1. The Morgan fingerprint density at radius 2 is 1.70 bits per heavy atom. The van der Waals surface area contributed by atoms with E-state index in [1.807, 2.05) is 0 Å². The number of fused-ring (bicyclic) bond motifs is 5. The molecule has 6 rings (SSSR count). The quantitative estimate of drug-likeness (QED) is 0.443. The van der Waals surface area contributed by atoms with Gasteiger partial charge in [0.1, 0.15) is 0 Å². The summed E-state index contributed by atoms with van der Waals surface area (Å²) in [6.45, 7) is 9.36. The lowest BCUT2D eigenvalue weighted by molar-refractivity contribution is -0.164. The maximum Gasteiger partial charge on any atom is 0.172 e. The van der Waals surface area contributed by atoms with E-state index in [1.165, 1.54) is 31.3 Å². The molecule has 6 heteroatoms. The van der Waals surface area contributed by atoms with Crippen LogP contribution in [-0.4, -0.2) is 31.2 Å². The standard InChI is InChI=1S/C24H32O3.3H2S/c1-16-8-12-27-24(16)11-7-21-20-4-3-17-15-23(25-13-14-26-23)10-6-18(17)19(20)5-9-22(21,24)2;;;/h5,20-21H,1,3-4,6-15H2,2H3;3*1H2/t20-,21+,22+,24-;;;/m1.../s1. The second kappa shape index (κ2) is 8.49. The monoisotopic (exact) mass is 470 g/mol. The van der Waals surface area contributed by atoms with Crippen LogP contribution in [0.15, 0.2) is 34.9 Å². The molecule has 6 aliphatic rings. The van der Waals surface area contributed by atoms with E-state index in [0.29, 0.717) is 0 Å². The summed E-state index contributed by atoms with van der Waals surface area (Å²) in [7, 11) is 0. The van der Waals surface area contributed by atoms with Crippen LogP contribution in [0.4, 0.5) is 0 Å². The lowest BCUT2D eigenvalue weighted by Gasteiger charge is -2.51. The van der Waals surface area contributed by atoms with Gasteiger partial charge in [0.2, 0.25) is 0 Å². The van der Waals surface area contributed by atoms with Gasteiger partial charge in [-0.2, -0.15) is 40.5 Å². The molecule has 2 saturated heterocycles. The number of hydrogen-bond donors (Lipinski definition) is 0. The fraction of sp³-hybridized carbons (Fsp3) is 0.750. The van der Waals surface area contributed by atoms with Crippen molar-refractivity contribution in [2.75, 3.05) is 19.8 Å². The highest BCUT2D eigenvalue weighted by atomic mass is 32.1. The SMILES string of the molecule is C=C1CCO[C@]12CC[C@H]1[C@@H]3CCC4=C(CCC5(C4)OCCO5)C3=CC[C@@]12C.S.S.S. The summed E-state index contributed by atoms with van der Waals surface area (Å²) >= 11 is 0. The molecule has 0 unspecified atom stereocenters. The Labute approximate surface area is 202 Å². The van der Waals surface area contributed by atoms with Gasteiger partial charge in [-0.1, -0.05) is 25.2 Å². The van der Waals surface area contributed by atoms with Crippen molar-refractivity contribution in [2.45, 2.75) is 76.1 Å². The molecule has 0 radical (unpaired) electrons. The van der Waals surface area contributed by atoms with Crippen molar-refractivity contribution in [3.05, 3.63) is 34.9 Å². The molecular formula is C24H38O3S3. The number of hydrogen-bond acceptors (Lipinski definition) is 3. The minimum atomic E-state index is -0.289. The Bertz CT molecular complexity index is 770. The number of ether oxygens (including phenoxy) is 3. The second-order valence-corrected chi connectivity index (χ2v) is 9.97. The van der Waals surface area contributed by atoms with Crippen molar-refractivity contribution in [1.82, 2.24) is 0 Å². The van der Waals surface area contributed by atoms with Crippen molar-refractivity contribution in [3.8, 4) is 0 Å². The van der Waals surface area contributed by atoms with Gasteiger partial charge in [0.05, 0.1) is 25.4 Å². The molecule has 30 heavy (non-hydrogen) atoms. The first-order chi connectivity index (χ1) is 13.1. The lowest BCUT2D eigenvalue weighted by atomic mass is 9.55. The van der Waals surface area contributed by atoms with Crippen LogP contribution in [0.25, 0.3) is 0 Å². The Kier molecular flexibility index (Phi) is 7.02. The molecule has 2 spiro atoms. The third-order valence-corrected chi connectivity index (χ3v) is 9.09. The van der Waals surface area contributed by atoms with Crippen LogP contribution in [0, 0.1) is 17.3 Å². The maximum atomic E-state index is 6.46. The summed E-state index contributed by atoms with van der Waals surface area (Å²) in [5, 5.41) is 0. The molecule has 4 aliphatic carbocycles. The van der Waals surface area contributed by atoms with E-state index in [9.17, 15) is 0 Å². The third kappa shape index (κ3) is 3.15. The lowest BCUT2D eigenvalue weighted by Crippen LogP contribution is -2.49. The zero-order chi connectivity index (χ0) is 18.3. The van der Waals surface area contributed by atoms with Crippen molar-refractivity contribution in [1.29, 1.82) is 0 Å². The van der Waals surface area contributed by atoms with E-state index in [-0.39, 0.29) is 57.3 Å². The summed E-state index contributed by atoms with van der Waals surface area (Å²) in [6.07, 6.45) is 13.0. The van der Waals surface area contributed by atoms with Crippen molar-refractivity contribution in [2.24, 2.45) is 17.3 Å². The van der Waals surface area contributed by atoms with Crippen LogP contribution in [-0.2, 0) is 14.2 Å². The summed E-state index contributed by atoms with van der Waals surface area (Å²) < 4.78 is 18.5. The Morgan fingerprint density at radius 1 is 0.933 bits per heavy atom. The number of allylic oxidation sites excluding steroid dienone is 3. The second-order valence-electron chi connectivity index (χ2n) is 9.97. The first kappa shape index (κ1) is 24.8. The van der Waals surface area contributed by atoms with Gasteiger partial charge in [0.15, 0.2) is 5.79 Å². The average Bonchev–Trinajstić information content (AvgIpc) is 3.35. The van der Waals surface area contributed by atoms with Gasteiger partial charge in [-0.15, -0.1) is 0 Å². The molecule has 3 fully saturated rings. The fourth-order valence-corrected chi connectivity index (χ4v) is 7.76. The molecule has 170 valence electrons. The Balaban J connectivity index is 0.000000853. The highest BCUT2D eigenvalue weighted by Crippen LogP contribution is 2.66. The molecule has 0 aromatic heterocycles. The van der Waals surface area contributed by atoms with Crippen LogP contribution >= 0.6 is 40.5 Å². The molecule has 1 saturated carbocycles. The van der Waals surface area contributed by atoms with Gasteiger partial charge < -0.3 is 14.2 Å². The van der Waals surface area contributed by atoms with Gasteiger partial charge in [-0.05, 0) is 73.5 Å². The van der Waals surface area contributed by atoms with Crippen LogP contribution in [0.1, 0.15) is 64.7 Å². The molecule has 4 atom stereocenters. The smallest absolute Gasteiger partial charge is 0.172 e. The van der Waals surface area contributed by atoms with E-state index in [1.54, 1.807) is 16.7 Å². The van der Waals surface area contributed by atoms with Crippen molar-refractivity contribution >= 4 is 40.5 Å². The molecule has 2 heterocycles. The molecule has 0 aromatic rings. The zero-order valence-corrected chi connectivity index (χ0v) is 21.1. The average molecular weight is 471 g/mol. The molecule has 0 N–H and O–H groups in total. The van der Waals surface area contributed by atoms with Gasteiger partial charge in [-0.25, -0.2) is 0 Å². The van der Waals surface area contributed by atoms with E-state index in [4.69, 9.17) is 14.2 Å². The van der Waals surface area contributed by atoms with E-state index < -0.39 is 0 Å². The van der Waals surface area contributed by atoms with Crippen molar-refractivity contribution < 1.29 is 14.2 Å². The van der Waals surface area contributed by atoms with Gasteiger partial charge >= 0.3 is 0 Å². The Morgan fingerprint density at radius 3 is 2.40 bits per heavy atom. The third-order valence-electron chi connectivity index (χ3n) is 9.09. The predicted octanol–water partition coefficient (Wildman–Crippen LogP) is 5.42. The summed E-state index contributed by atoms with van der Waals surface area (Å²) in [5.74, 6) is 1.18. The van der Waals surface area contributed by atoms with Gasteiger partial charge in [-0.3, -0.25) is 0 Å². The molecule has 0 bridgehead atoms. The zero-order valence-electron chi connectivity index (χ0n) is 18.1. The highest BCUT2D eigenvalue weighted by molar-refractivity contribution is 7.59. The minimum absolute atomic E-state index is 0. The van der Waals surface area contributed by atoms with Crippen LogP contribution < -0.4 is 0 Å². The normalized spacial score (nSPS) is 40.7. The van der Waals surface area contributed by atoms with Crippen LogP contribution in [0.3, 0.4) is 0 Å². The molecule has 2 aliphatic heterocycles. The molecule has 3 nitrogen and oxygen atoms in total. The maximum absolute atomic E-state index is 6.46. The summed E-state index contributed by atoms with van der Waals surface area (Å²) in [5.41, 5.74) is 6.55. The Hall–Kier alpha value is 0.150. The summed E-state index contributed by atoms with van der Waals surface area (Å²) in [6, 6.07) is 0. The van der Waals surface area contributed by atoms with Gasteiger partial charge in [0, 0.05) is 18.3 Å². The van der Waals surface area contributed by atoms with Crippen molar-refractivity contribution in [3.63, 3.8) is 0 Å².